The van der Waals surface area contributed by atoms with Gasteiger partial charge in [-0.3, -0.25) is 9.69 Å². The third-order valence-electron chi connectivity index (χ3n) is 2.17. The molecule has 0 bridgehead atoms. The third-order valence-corrected chi connectivity index (χ3v) is 2.17. The zero-order valence-electron chi connectivity index (χ0n) is 8.05. The van der Waals surface area contributed by atoms with Gasteiger partial charge in [-0.05, 0) is 12.1 Å². The number of nitrogens with zero attached hydrogens (tertiary/aromatic N) is 2. The van der Waals surface area contributed by atoms with E-state index < -0.39 is 0 Å². The van der Waals surface area contributed by atoms with Gasteiger partial charge < -0.3 is 4.90 Å². The average molecular weight is 188 g/mol. The van der Waals surface area contributed by atoms with Crippen LogP contribution in [0.25, 0.3) is 0 Å². The molecule has 0 saturated carbocycles. The maximum atomic E-state index is 11.6. The van der Waals surface area contributed by atoms with Crippen molar-refractivity contribution in [2.75, 3.05) is 18.6 Å². The Balaban J connectivity index is 2.27. The van der Waals surface area contributed by atoms with Crippen molar-refractivity contribution in [1.29, 1.82) is 0 Å². The molecule has 1 amide bonds. The molecule has 1 aromatic carbocycles. The molecule has 0 unspecified atom stereocenters. The molecule has 0 saturated heterocycles. The van der Waals surface area contributed by atoms with E-state index >= 15 is 0 Å². The average Bonchev–Trinajstić information content (AvgIpc) is 2.23. The van der Waals surface area contributed by atoms with Crippen molar-refractivity contribution in [2.24, 2.45) is 0 Å². The molecule has 0 aliphatic carbocycles. The number of carbonyl (C=O) groups is 1. The van der Waals surface area contributed by atoms with Crippen molar-refractivity contribution in [3.8, 4) is 0 Å². The summed E-state index contributed by atoms with van der Waals surface area (Å²) in [6.07, 6.45) is 3.37. The lowest BCUT2D eigenvalue weighted by Crippen LogP contribution is -2.40. The summed E-state index contributed by atoms with van der Waals surface area (Å²) in [4.78, 5) is 15.3. The zero-order chi connectivity index (χ0) is 9.97. The molecule has 0 aromatic heterocycles. The van der Waals surface area contributed by atoms with Crippen LogP contribution in [-0.4, -0.2) is 24.5 Å². The molecular weight excluding hydrogens is 176 g/mol. The minimum Gasteiger partial charge on any atom is -0.362 e. The van der Waals surface area contributed by atoms with Gasteiger partial charge in [-0.1, -0.05) is 18.2 Å². The first-order chi connectivity index (χ1) is 6.77. The van der Waals surface area contributed by atoms with Gasteiger partial charge in [-0.25, -0.2) is 0 Å². The molecule has 1 aliphatic heterocycles. The SMILES string of the molecule is CN1C=CC(=O)N(c2ccccc2)C1. The van der Waals surface area contributed by atoms with Gasteiger partial charge in [0.15, 0.2) is 0 Å². The Labute approximate surface area is 83.2 Å². The molecule has 1 heterocycles. The van der Waals surface area contributed by atoms with Crippen molar-refractivity contribution < 1.29 is 4.79 Å². The molecule has 0 radical (unpaired) electrons. The highest BCUT2D eigenvalue weighted by Crippen LogP contribution is 2.16. The van der Waals surface area contributed by atoms with Crippen LogP contribution in [0.3, 0.4) is 0 Å². The summed E-state index contributed by atoms with van der Waals surface area (Å²) in [6, 6.07) is 9.68. The number of hydrogen-bond donors (Lipinski definition) is 0. The van der Waals surface area contributed by atoms with Crippen molar-refractivity contribution in [2.45, 2.75) is 0 Å². The Morgan fingerprint density at radius 2 is 1.93 bits per heavy atom. The van der Waals surface area contributed by atoms with E-state index in [1.807, 2.05) is 42.3 Å². The Morgan fingerprint density at radius 3 is 2.64 bits per heavy atom. The summed E-state index contributed by atoms with van der Waals surface area (Å²) in [5, 5.41) is 0. The van der Waals surface area contributed by atoms with E-state index in [2.05, 4.69) is 0 Å². The van der Waals surface area contributed by atoms with Crippen LogP contribution in [0.4, 0.5) is 5.69 Å². The number of rotatable bonds is 1. The third kappa shape index (κ3) is 1.62. The quantitative estimate of drug-likeness (QED) is 0.665. The molecule has 72 valence electrons. The van der Waals surface area contributed by atoms with Crippen molar-refractivity contribution in [3.05, 3.63) is 42.6 Å². The number of anilines is 1. The van der Waals surface area contributed by atoms with Crippen molar-refractivity contribution in [1.82, 2.24) is 4.90 Å². The van der Waals surface area contributed by atoms with Gasteiger partial charge in [0.25, 0.3) is 5.91 Å². The Morgan fingerprint density at radius 1 is 1.21 bits per heavy atom. The van der Waals surface area contributed by atoms with Crippen molar-refractivity contribution >= 4 is 11.6 Å². The highest BCUT2D eigenvalue weighted by molar-refractivity contribution is 6.01. The smallest absolute Gasteiger partial charge is 0.253 e. The molecule has 3 heteroatoms. The fourth-order valence-electron chi connectivity index (χ4n) is 1.44. The minimum absolute atomic E-state index is 0.0364. The van der Waals surface area contributed by atoms with Gasteiger partial charge >= 0.3 is 0 Å². The minimum atomic E-state index is 0.0364. The molecule has 1 aliphatic rings. The zero-order valence-corrected chi connectivity index (χ0v) is 8.05. The predicted molar refractivity (Wildman–Crippen MR) is 55.7 cm³/mol. The fraction of sp³-hybridized carbons (Fsp3) is 0.182. The highest BCUT2D eigenvalue weighted by Gasteiger charge is 2.17. The molecule has 14 heavy (non-hydrogen) atoms. The molecule has 0 spiro atoms. The monoisotopic (exact) mass is 188 g/mol. The summed E-state index contributed by atoms with van der Waals surface area (Å²) in [5.74, 6) is 0.0364. The molecular formula is C11H12N2O. The first-order valence-corrected chi connectivity index (χ1v) is 4.52. The van der Waals surface area contributed by atoms with Gasteiger partial charge in [-0.2, -0.15) is 0 Å². The standard InChI is InChI=1S/C11H12N2O/c1-12-8-7-11(14)13(9-12)10-5-3-2-4-6-10/h2-8H,9H2,1H3. The molecule has 0 atom stereocenters. The van der Waals surface area contributed by atoms with Gasteiger partial charge in [0.2, 0.25) is 0 Å². The Bertz CT molecular complexity index is 359. The predicted octanol–water partition coefficient (Wildman–Crippen LogP) is 1.44. The Hall–Kier alpha value is -1.77. The van der Waals surface area contributed by atoms with E-state index in [0.29, 0.717) is 6.67 Å². The number of para-hydroxylation sites is 1. The largest absolute Gasteiger partial charge is 0.362 e. The van der Waals surface area contributed by atoms with Crippen LogP contribution in [0.5, 0.6) is 0 Å². The second-order valence-electron chi connectivity index (χ2n) is 3.32. The van der Waals surface area contributed by atoms with E-state index in [4.69, 9.17) is 0 Å². The summed E-state index contributed by atoms with van der Waals surface area (Å²) < 4.78 is 0. The maximum absolute atomic E-state index is 11.6. The van der Waals surface area contributed by atoms with Gasteiger partial charge in [0.1, 0.15) is 0 Å². The number of hydrogen-bond acceptors (Lipinski definition) is 2. The second-order valence-corrected chi connectivity index (χ2v) is 3.32. The van der Waals surface area contributed by atoms with E-state index in [-0.39, 0.29) is 5.91 Å². The highest BCUT2D eigenvalue weighted by atomic mass is 16.2. The van der Waals surface area contributed by atoms with Crippen LogP contribution >= 0.6 is 0 Å². The van der Waals surface area contributed by atoms with Crippen LogP contribution in [0.2, 0.25) is 0 Å². The first-order valence-electron chi connectivity index (χ1n) is 4.52. The summed E-state index contributed by atoms with van der Waals surface area (Å²) in [6.45, 7) is 0.610. The van der Waals surface area contributed by atoms with Crippen LogP contribution in [0.1, 0.15) is 0 Å². The van der Waals surface area contributed by atoms with Crippen LogP contribution in [0, 0.1) is 0 Å². The van der Waals surface area contributed by atoms with E-state index in [0.717, 1.165) is 5.69 Å². The van der Waals surface area contributed by atoms with Gasteiger partial charge in [0.05, 0.1) is 6.67 Å². The lowest BCUT2D eigenvalue weighted by molar-refractivity contribution is -0.115. The van der Waals surface area contributed by atoms with Crippen LogP contribution in [0.15, 0.2) is 42.6 Å². The molecule has 1 aromatic rings. The summed E-state index contributed by atoms with van der Waals surface area (Å²) in [5.41, 5.74) is 0.939. The Kier molecular flexibility index (Phi) is 2.23. The molecule has 3 nitrogen and oxygen atoms in total. The van der Waals surface area contributed by atoms with E-state index in [9.17, 15) is 4.79 Å². The van der Waals surface area contributed by atoms with Gasteiger partial charge in [0, 0.05) is 25.0 Å². The first kappa shape index (κ1) is 8.81. The fourth-order valence-corrected chi connectivity index (χ4v) is 1.44. The maximum Gasteiger partial charge on any atom is 0.253 e. The van der Waals surface area contributed by atoms with Crippen LogP contribution in [-0.2, 0) is 4.79 Å². The van der Waals surface area contributed by atoms with Gasteiger partial charge in [-0.15, -0.1) is 0 Å². The number of amides is 1. The van der Waals surface area contributed by atoms with Crippen molar-refractivity contribution in [3.63, 3.8) is 0 Å². The molecule has 0 N–H and O–H groups in total. The summed E-state index contributed by atoms with van der Waals surface area (Å²) in [7, 11) is 1.94. The lowest BCUT2D eigenvalue weighted by atomic mass is 10.2. The lowest BCUT2D eigenvalue weighted by Gasteiger charge is -2.29. The molecule has 2 rings (SSSR count). The second kappa shape index (κ2) is 3.54. The molecule has 0 fully saturated rings. The summed E-state index contributed by atoms with van der Waals surface area (Å²) >= 11 is 0. The topological polar surface area (TPSA) is 23.6 Å². The van der Waals surface area contributed by atoms with E-state index in [1.165, 1.54) is 0 Å². The normalized spacial score (nSPS) is 16.2. The number of carbonyl (C=O) groups excluding carboxylic acids is 1. The number of benzene rings is 1. The van der Waals surface area contributed by atoms with E-state index in [1.54, 1.807) is 17.2 Å². The van der Waals surface area contributed by atoms with Crippen LogP contribution < -0.4 is 4.90 Å².